The minimum absolute atomic E-state index is 0.741. The van der Waals surface area contributed by atoms with Gasteiger partial charge in [-0.25, -0.2) is 0 Å². The molecule has 1 aliphatic heterocycles. The summed E-state index contributed by atoms with van der Waals surface area (Å²) < 4.78 is 0. The molecule has 0 aromatic carbocycles. The molecule has 1 N–H and O–H groups in total. The van der Waals surface area contributed by atoms with Crippen molar-refractivity contribution in [3.05, 3.63) is 0 Å². The van der Waals surface area contributed by atoms with Gasteiger partial charge in [-0.15, -0.1) is 0 Å². The van der Waals surface area contributed by atoms with Crippen LogP contribution in [0.2, 0.25) is 0 Å². The third kappa shape index (κ3) is 2.02. The molecule has 0 amide bonds. The van der Waals surface area contributed by atoms with Crippen LogP contribution in [0.25, 0.3) is 0 Å². The maximum Gasteiger partial charge on any atom is 0.0224 e. The van der Waals surface area contributed by atoms with E-state index in [1.807, 2.05) is 0 Å². The first kappa shape index (κ1) is 11.0. The lowest BCUT2D eigenvalue weighted by Crippen LogP contribution is -2.60. The second-order valence-corrected chi connectivity index (χ2v) is 6.33. The first-order valence-electron chi connectivity index (χ1n) is 7.25. The predicted octanol–water partition coefficient (Wildman–Crippen LogP) is 2.25. The largest absolute Gasteiger partial charge is 0.311 e. The number of piperazine rings is 1. The minimum Gasteiger partial charge on any atom is -0.311 e. The van der Waals surface area contributed by atoms with E-state index in [2.05, 4.69) is 24.1 Å². The van der Waals surface area contributed by atoms with Crippen LogP contribution < -0.4 is 5.32 Å². The van der Waals surface area contributed by atoms with E-state index < -0.39 is 0 Å². The van der Waals surface area contributed by atoms with Crippen molar-refractivity contribution in [2.24, 2.45) is 11.8 Å². The fourth-order valence-electron chi connectivity index (χ4n) is 3.49. The Morgan fingerprint density at radius 2 is 1.94 bits per heavy atom. The zero-order valence-electron chi connectivity index (χ0n) is 10.8. The van der Waals surface area contributed by atoms with E-state index in [1.54, 1.807) is 0 Å². The summed E-state index contributed by atoms with van der Waals surface area (Å²) >= 11 is 0. The molecule has 1 saturated heterocycles. The van der Waals surface area contributed by atoms with E-state index in [1.165, 1.54) is 45.2 Å². The molecule has 2 saturated carbocycles. The molecule has 1 heterocycles. The monoisotopic (exact) mass is 222 g/mol. The normalized spacial score (nSPS) is 39.4. The number of rotatable bonds is 3. The highest BCUT2D eigenvalue weighted by molar-refractivity contribution is 4.96. The van der Waals surface area contributed by atoms with Crippen molar-refractivity contribution in [3.63, 3.8) is 0 Å². The van der Waals surface area contributed by atoms with Crippen molar-refractivity contribution >= 4 is 0 Å². The highest BCUT2D eigenvalue weighted by Crippen LogP contribution is 2.37. The Balaban J connectivity index is 1.61. The molecule has 16 heavy (non-hydrogen) atoms. The quantitative estimate of drug-likeness (QED) is 0.788. The Bertz CT molecular complexity index is 245. The average Bonchev–Trinajstić information content (AvgIpc) is 2.99. The van der Waals surface area contributed by atoms with Gasteiger partial charge in [-0.1, -0.05) is 6.42 Å². The van der Waals surface area contributed by atoms with Crippen LogP contribution in [0.15, 0.2) is 0 Å². The smallest absolute Gasteiger partial charge is 0.0224 e. The fourth-order valence-corrected chi connectivity index (χ4v) is 3.49. The van der Waals surface area contributed by atoms with Crippen LogP contribution in [0.3, 0.4) is 0 Å². The lowest BCUT2D eigenvalue weighted by molar-refractivity contribution is 0.0398. The number of nitrogens with one attached hydrogen (secondary N) is 1. The molecule has 3 aliphatic rings. The first-order chi connectivity index (χ1) is 7.75. The molecule has 0 aromatic heterocycles. The molecule has 0 aromatic rings. The lowest BCUT2D eigenvalue weighted by atomic mass is 9.79. The van der Waals surface area contributed by atoms with Crippen molar-refractivity contribution in [3.8, 4) is 0 Å². The summed E-state index contributed by atoms with van der Waals surface area (Å²) in [5, 5.41) is 3.75. The highest BCUT2D eigenvalue weighted by Gasteiger charge is 2.39. The predicted molar refractivity (Wildman–Crippen MR) is 67.5 cm³/mol. The maximum atomic E-state index is 3.75. The summed E-state index contributed by atoms with van der Waals surface area (Å²) in [6.45, 7) is 7.38. The maximum absolute atomic E-state index is 3.75. The van der Waals surface area contributed by atoms with E-state index in [4.69, 9.17) is 0 Å². The summed E-state index contributed by atoms with van der Waals surface area (Å²) in [5.74, 6) is 2.00. The standard InChI is InChI=1S/C14H26N2/c1-10-8-15-14(13-6-7-13)9-16(10)11(2)12-4-3-5-12/h10-15H,3-9H2,1-2H3. The lowest BCUT2D eigenvalue weighted by Gasteiger charge is -2.47. The summed E-state index contributed by atoms with van der Waals surface area (Å²) in [6.07, 6.45) is 7.37. The Labute approximate surface area is 99.8 Å². The van der Waals surface area contributed by atoms with E-state index in [9.17, 15) is 0 Å². The SMILES string of the molecule is CC1CNC(C2CC2)CN1C(C)C1CCC1. The van der Waals surface area contributed by atoms with Crippen molar-refractivity contribution in [1.29, 1.82) is 0 Å². The van der Waals surface area contributed by atoms with Gasteiger partial charge in [-0.05, 0) is 51.4 Å². The molecule has 3 rings (SSSR count). The zero-order chi connectivity index (χ0) is 11.1. The van der Waals surface area contributed by atoms with Gasteiger partial charge in [0.2, 0.25) is 0 Å². The van der Waals surface area contributed by atoms with Gasteiger partial charge < -0.3 is 5.32 Å². The molecule has 2 aliphatic carbocycles. The van der Waals surface area contributed by atoms with Crippen LogP contribution in [0.1, 0.15) is 46.0 Å². The van der Waals surface area contributed by atoms with Crippen LogP contribution in [-0.4, -0.2) is 36.1 Å². The van der Waals surface area contributed by atoms with E-state index in [0.29, 0.717) is 0 Å². The molecule has 3 atom stereocenters. The number of nitrogens with zero attached hydrogens (tertiary/aromatic N) is 1. The fraction of sp³-hybridized carbons (Fsp3) is 1.00. The van der Waals surface area contributed by atoms with Crippen LogP contribution >= 0.6 is 0 Å². The molecule has 92 valence electrons. The van der Waals surface area contributed by atoms with Gasteiger partial charge >= 0.3 is 0 Å². The zero-order valence-corrected chi connectivity index (χ0v) is 10.8. The van der Waals surface area contributed by atoms with E-state index >= 15 is 0 Å². The Morgan fingerprint density at radius 3 is 2.50 bits per heavy atom. The number of hydrogen-bond acceptors (Lipinski definition) is 2. The Hall–Kier alpha value is -0.0800. The van der Waals surface area contributed by atoms with Crippen molar-refractivity contribution < 1.29 is 0 Å². The van der Waals surface area contributed by atoms with Crippen LogP contribution in [0, 0.1) is 11.8 Å². The second kappa shape index (κ2) is 4.30. The summed E-state index contributed by atoms with van der Waals surface area (Å²) in [5.41, 5.74) is 0. The van der Waals surface area contributed by atoms with Crippen molar-refractivity contribution in [2.75, 3.05) is 13.1 Å². The number of hydrogen-bond donors (Lipinski definition) is 1. The van der Waals surface area contributed by atoms with Crippen molar-refractivity contribution in [2.45, 2.75) is 64.1 Å². The van der Waals surface area contributed by atoms with Gasteiger partial charge in [0.25, 0.3) is 0 Å². The molecule has 0 radical (unpaired) electrons. The Morgan fingerprint density at radius 1 is 1.19 bits per heavy atom. The summed E-state index contributed by atoms with van der Waals surface area (Å²) in [7, 11) is 0. The summed E-state index contributed by atoms with van der Waals surface area (Å²) in [4.78, 5) is 2.79. The third-order valence-electron chi connectivity index (χ3n) is 5.20. The highest BCUT2D eigenvalue weighted by atomic mass is 15.3. The molecule has 2 nitrogen and oxygen atoms in total. The molecule has 3 unspecified atom stereocenters. The van der Waals surface area contributed by atoms with Gasteiger partial charge in [0, 0.05) is 31.2 Å². The molecular formula is C14H26N2. The van der Waals surface area contributed by atoms with Crippen LogP contribution in [-0.2, 0) is 0 Å². The molecule has 0 spiro atoms. The van der Waals surface area contributed by atoms with E-state index in [0.717, 1.165) is 30.0 Å². The van der Waals surface area contributed by atoms with Gasteiger partial charge in [-0.3, -0.25) is 4.90 Å². The average molecular weight is 222 g/mol. The van der Waals surface area contributed by atoms with Crippen molar-refractivity contribution in [1.82, 2.24) is 10.2 Å². The molecule has 0 bridgehead atoms. The van der Waals surface area contributed by atoms with Gasteiger partial charge in [0.05, 0.1) is 0 Å². The molecule has 2 heteroatoms. The topological polar surface area (TPSA) is 15.3 Å². The minimum atomic E-state index is 0.741. The summed E-state index contributed by atoms with van der Waals surface area (Å²) in [6, 6.07) is 2.37. The van der Waals surface area contributed by atoms with Gasteiger partial charge in [0.15, 0.2) is 0 Å². The molecular weight excluding hydrogens is 196 g/mol. The first-order valence-corrected chi connectivity index (χ1v) is 7.25. The van der Waals surface area contributed by atoms with Gasteiger partial charge in [0.1, 0.15) is 0 Å². The Kier molecular flexibility index (Phi) is 2.97. The second-order valence-electron chi connectivity index (χ2n) is 6.33. The third-order valence-corrected chi connectivity index (χ3v) is 5.20. The molecule has 3 fully saturated rings. The van der Waals surface area contributed by atoms with Crippen LogP contribution in [0.4, 0.5) is 0 Å². The van der Waals surface area contributed by atoms with Crippen LogP contribution in [0.5, 0.6) is 0 Å². The van der Waals surface area contributed by atoms with Gasteiger partial charge in [-0.2, -0.15) is 0 Å². The van der Waals surface area contributed by atoms with E-state index in [-0.39, 0.29) is 0 Å².